The van der Waals surface area contributed by atoms with Crippen LogP contribution in [0.15, 0.2) is 77.7 Å². The first-order chi connectivity index (χ1) is 16.8. The Bertz CT molecular complexity index is 1260. The molecule has 1 N–H and O–H groups in total. The number of carbonyl (C=O) groups excluding carboxylic acids is 1. The number of aryl methyl sites for hydroxylation is 2. The van der Waals surface area contributed by atoms with Crippen LogP contribution in [0.2, 0.25) is 0 Å². The van der Waals surface area contributed by atoms with Crippen molar-refractivity contribution in [2.45, 2.75) is 25.3 Å². The molecule has 0 aromatic heterocycles. The molecule has 0 spiro atoms. The van der Waals surface area contributed by atoms with Gasteiger partial charge in [0.05, 0.1) is 23.8 Å². The van der Waals surface area contributed by atoms with Gasteiger partial charge in [-0.2, -0.15) is 0 Å². The van der Waals surface area contributed by atoms with Gasteiger partial charge in [-0.15, -0.1) is 0 Å². The molecule has 0 radical (unpaired) electrons. The van der Waals surface area contributed by atoms with Crippen LogP contribution in [-0.4, -0.2) is 47.2 Å². The maximum absolute atomic E-state index is 13.5. The van der Waals surface area contributed by atoms with Crippen molar-refractivity contribution in [2.24, 2.45) is 0 Å². The van der Waals surface area contributed by atoms with Crippen LogP contribution in [0.4, 0.5) is 11.4 Å². The van der Waals surface area contributed by atoms with E-state index in [9.17, 15) is 13.2 Å². The summed E-state index contributed by atoms with van der Waals surface area (Å²) in [4.78, 5) is 15.3. The van der Waals surface area contributed by atoms with Crippen LogP contribution in [0.25, 0.3) is 0 Å². The molecule has 7 nitrogen and oxygen atoms in total. The topological polar surface area (TPSA) is 79.0 Å². The van der Waals surface area contributed by atoms with Crippen LogP contribution in [0.1, 0.15) is 16.7 Å². The molecule has 0 unspecified atom stereocenters. The van der Waals surface area contributed by atoms with Crippen molar-refractivity contribution in [3.63, 3.8) is 0 Å². The fourth-order valence-corrected chi connectivity index (χ4v) is 5.38. The van der Waals surface area contributed by atoms with Crippen molar-refractivity contribution in [3.05, 3.63) is 89.5 Å². The third kappa shape index (κ3) is 6.01. The summed E-state index contributed by atoms with van der Waals surface area (Å²) >= 11 is 0. The lowest BCUT2D eigenvalue weighted by atomic mass is 10.1. The predicted molar refractivity (Wildman–Crippen MR) is 138 cm³/mol. The van der Waals surface area contributed by atoms with Crippen molar-refractivity contribution in [1.29, 1.82) is 0 Å². The average Bonchev–Trinajstić information content (AvgIpc) is 2.89. The Morgan fingerprint density at radius 2 is 1.63 bits per heavy atom. The van der Waals surface area contributed by atoms with E-state index in [0.717, 1.165) is 48.7 Å². The van der Waals surface area contributed by atoms with Gasteiger partial charge >= 0.3 is 0 Å². The molecule has 0 atom stereocenters. The Hall–Kier alpha value is -3.36. The van der Waals surface area contributed by atoms with E-state index in [4.69, 9.17) is 4.74 Å². The van der Waals surface area contributed by atoms with Crippen LogP contribution in [0.3, 0.4) is 0 Å². The van der Waals surface area contributed by atoms with Crippen molar-refractivity contribution in [1.82, 2.24) is 5.32 Å². The molecule has 1 aliphatic rings. The second kappa shape index (κ2) is 10.9. The molecule has 3 aromatic carbocycles. The molecule has 0 bridgehead atoms. The summed E-state index contributed by atoms with van der Waals surface area (Å²) in [6.45, 7) is 7.06. The minimum atomic E-state index is -3.92. The summed E-state index contributed by atoms with van der Waals surface area (Å²) in [6, 6.07) is 21.6. The molecule has 1 aliphatic heterocycles. The van der Waals surface area contributed by atoms with E-state index in [1.165, 1.54) is 16.4 Å². The van der Waals surface area contributed by atoms with Gasteiger partial charge in [0.2, 0.25) is 5.91 Å². The second-order valence-electron chi connectivity index (χ2n) is 8.64. The quantitative estimate of drug-likeness (QED) is 0.518. The van der Waals surface area contributed by atoms with E-state index in [-0.39, 0.29) is 17.3 Å². The Labute approximate surface area is 207 Å². The zero-order valence-electron chi connectivity index (χ0n) is 20.1. The van der Waals surface area contributed by atoms with Gasteiger partial charge in [0.25, 0.3) is 10.0 Å². The van der Waals surface area contributed by atoms with Gasteiger partial charge in [-0.05, 0) is 66.9 Å². The van der Waals surface area contributed by atoms with E-state index in [1.807, 2.05) is 44.2 Å². The second-order valence-corrected chi connectivity index (χ2v) is 10.5. The van der Waals surface area contributed by atoms with Gasteiger partial charge < -0.3 is 15.0 Å². The summed E-state index contributed by atoms with van der Waals surface area (Å²) in [7, 11) is -3.92. The molecule has 1 heterocycles. The molecule has 1 amide bonds. The molecular weight excluding hydrogens is 462 g/mol. The fourth-order valence-electron chi connectivity index (χ4n) is 3.95. The molecule has 184 valence electrons. The van der Waals surface area contributed by atoms with Crippen molar-refractivity contribution in [2.75, 3.05) is 42.1 Å². The number of nitrogens with one attached hydrogen (secondary N) is 1. The first-order valence-electron chi connectivity index (χ1n) is 11.7. The van der Waals surface area contributed by atoms with E-state index in [1.54, 1.807) is 30.3 Å². The number of carbonyl (C=O) groups is 1. The summed E-state index contributed by atoms with van der Waals surface area (Å²) in [5.41, 5.74) is 4.53. The maximum atomic E-state index is 13.5. The number of hydrogen-bond acceptors (Lipinski definition) is 5. The molecule has 1 saturated heterocycles. The average molecular weight is 494 g/mol. The Kier molecular flexibility index (Phi) is 7.73. The lowest BCUT2D eigenvalue weighted by Crippen LogP contribution is -2.40. The summed E-state index contributed by atoms with van der Waals surface area (Å²) < 4.78 is 33.5. The van der Waals surface area contributed by atoms with Crippen molar-refractivity contribution >= 4 is 27.3 Å². The largest absolute Gasteiger partial charge is 0.378 e. The molecule has 3 aromatic rings. The van der Waals surface area contributed by atoms with Gasteiger partial charge in [-0.1, -0.05) is 36.4 Å². The van der Waals surface area contributed by atoms with Gasteiger partial charge in [-0.25, -0.2) is 8.42 Å². The highest BCUT2D eigenvalue weighted by Crippen LogP contribution is 2.25. The molecular formula is C27H31N3O4S. The van der Waals surface area contributed by atoms with Crippen molar-refractivity contribution in [3.8, 4) is 0 Å². The number of rotatable bonds is 8. The van der Waals surface area contributed by atoms with E-state index >= 15 is 0 Å². The lowest BCUT2D eigenvalue weighted by Gasteiger charge is -2.29. The summed E-state index contributed by atoms with van der Waals surface area (Å²) in [6.07, 6.45) is 0. The highest BCUT2D eigenvalue weighted by molar-refractivity contribution is 7.92. The number of nitrogens with zero attached hydrogens (tertiary/aromatic N) is 2. The van der Waals surface area contributed by atoms with Gasteiger partial charge in [0, 0.05) is 25.3 Å². The Balaban J connectivity index is 1.47. The number of sulfonamides is 1. The minimum Gasteiger partial charge on any atom is -0.378 e. The highest BCUT2D eigenvalue weighted by Gasteiger charge is 2.27. The van der Waals surface area contributed by atoms with Gasteiger partial charge in [-0.3, -0.25) is 9.10 Å². The smallest absolute Gasteiger partial charge is 0.264 e. The maximum Gasteiger partial charge on any atom is 0.264 e. The highest BCUT2D eigenvalue weighted by atomic mass is 32.2. The number of ether oxygens (including phenoxy) is 1. The molecule has 1 fully saturated rings. The number of hydrogen-bond donors (Lipinski definition) is 1. The van der Waals surface area contributed by atoms with Crippen LogP contribution < -0.4 is 14.5 Å². The Morgan fingerprint density at radius 3 is 2.29 bits per heavy atom. The fraction of sp³-hybridized carbons (Fsp3) is 0.296. The van der Waals surface area contributed by atoms with Crippen molar-refractivity contribution < 1.29 is 17.9 Å². The normalized spacial score (nSPS) is 13.9. The standard InChI is InChI=1S/C27H31N3O4S/c1-21-8-11-25(18-22(21)2)30(35(32,33)26-6-4-3-5-7-26)20-27(31)28-19-23-9-12-24(13-10-23)29-14-16-34-17-15-29/h3-13,18H,14-17,19-20H2,1-2H3,(H,28,31). The van der Waals surface area contributed by atoms with E-state index in [0.29, 0.717) is 12.2 Å². The van der Waals surface area contributed by atoms with Crippen LogP contribution in [-0.2, 0) is 26.1 Å². The molecule has 8 heteroatoms. The lowest BCUT2D eigenvalue weighted by molar-refractivity contribution is -0.119. The summed E-state index contributed by atoms with van der Waals surface area (Å²) in [5, 5.41) is 2.87. The Morgan fingerprint density at radius 1 is 0.943 bits per heavy atom. The van der Waals surface area contributed by atoms with Crippen LogP contribution in [0.5, 0.6) is 0 Å². The van der Waals surface area contributed by atoms with Crippen LogP contribution in [0, 0.1) is 13.8 Å². The summed E-state index contributed by atoms with van der Waals surface area (Å²) in [5.74, 6) is -0.375. The third-order valence-electron chi connectivity index (χ3n) is 6.20. The minimum absolute atomic E-state index is 0.143. The molecule has 35 heavy (non-hydrogen) atoms. The molecule has 0 aliphatic carbocycles. The number of anilines is 2. The van der Waals surface area contributed by atoms with E-state index in [2.05, 4.69) is 10.2 Å². The zero-order chi connectivity index (χ0) is 24.8. The van der Waals surface area contributed by atoms with Gasteiger partial charge in [0.15, 0.2) is 0 Å². The molecule has 4 rings (SSSR count). The zero-order valence-corrected chi connectivity index (χ0v) is 20.9. The SMILES string of the molecule is Cc1ccc(N(CC(=O)NCc2ccc(N3CCOCC3)cc2)S(=O)(=O)c2ccccc2)cc1C. The first kappa shape index (κ1) is 24.8. The first-order valence-corrected chi connectivity index (χ1v) is 13.1. The monoisotopic (exact) mass is 493 g/mol. The van der Waals surface area contributed by atoms with Gasteiger partial charge in [0.1, 0.15) is 6.54 Å². The van der Waals surface area contributed by atoms with E-state index < -0.39 is 10.0 Å². The molecule has 0 saturated carbocycles. The number of morpholine rings is 1. The third-order valence-corrected chi connectivity index (χ3v) is 7.99. The van der Waals surface area contributed by atoms with Crippen LogP contribution >= 0.6 is 0 Å². The number of amides is 1. The predicted octanol–water partition coefficient (Wildman–Crippen LogP) is 3.65. The number of benzene rings is 3.